The Morgan fingerprint density at radius 1 is 0.605 bits per heavy atom. The topological polar surface area (TPSA) is 102 Å². The summed E-state index contributed by atoms with van der Waals surface area (Å²) < 4.78 is 0. The van der Waals surface area contributed by atoms with Crippen LogP contribution in [0, 0.1) is 5.92 Å². The summed E-state index contributed by atoms with van der Waals surface area (Å²) >= 11 is 0. The van der Waals surface area contributed by atoms with Gasteiger partial charge >= 0.3 is 35.5 Å². The summed E-state index contributed by atoms with van der Waals surface area (Å²) in [4.78, 5) is 29.2. The summed E-state index contributed by atoms with van der Waals surface area (Å²) in [5.74, 6) is -1.20. The van der Waals surface area contributed by atoms with E-state index in [1.807, 2.05) is 0 Å². The van der Waals surface area contributed by atoms with Crippen LogP contribution in [0.1, 0.15) is 194 Å². The van der Waals surface area contributed by atoms with Crippen LogP contribution in [0.4, 0.5) is 0 Å². The van der Waals surface area contributed by atoms with Gasteiger partial charge in [0.2, 0.25) is 5.91 Å². The Morgan fingerprint density at radius 3 is 1.44 bits per heavy atom. The Kier molecular flexibility index (Phi) is 35.5. The van der Waals surface area contributed by atoms with Crippen molar-refractivity contribution in [3.05, 3.63) is 0 Å². The molecule has 0 radical (unpaired) electrons. The van der Waals surface area contributed by atoms with E-state index in [1.54, 1.807) is 0 Å². The first-order chi connectivity index (χ1) is 20.5. The second kappa shape index (κ2) is 34.3. The molecule has 0 heterocycles. The van der Waals surface area contributed by atoms with Gasteiger partial charge in [-0.1, -0.05) is 149 Å². The smallest absolute Gasteiger partial charge is 0.862 e. The molecule has 0 saturated heterocycles. The molecule has 0 rings (SSSR count). The largest absolute Gasteiger partial charge is 1.00 e. The first-order valence-electron chi connectivity index (χ1n) is 18.2. The van der Waals surface area contributed by atoms with Gasteiger partial charge in [-0.05, 0) is 50.8 Å². The molecule has 1 amide bonds. The fourth-order valence-electron chi connectivity index (χ4n) is 5.63. The number of rotatable bonds is 32. The van der Waals surface area contributed by atoms with Crippen LogP contribution in [0.5, 0.6) is 0 Å². The van der Waals surface area contributed by atoms with Crippen LogP contribution < -0.4 is 40.0 Å². The summed E-state index contributed by atoms with van der Waals surface area (Å²) in [7, 11) is 0. The van der Waals surface area contributed by atoms with E-state index < -0.39 is 12.0 Å². The van der Waals surface area contributed by atoms with Crippen LogP contribution >= 0.6 is 0 Å². The van der Waals surface area contributed by atoms with E-state index >= 15 is 0 Å². The normalized spacial score (nSPS) is 13.0. The summed E-state index contributed by atoms with van der Waals surface area (Å²) in [5, 5.41) is 24.7. The molecule has 248 valence electrons. The van der Waals surface area contributed by atoms with Crippen molar-refractivity contribution in [2.24, 2.45) is 10.9 Å². The van der Waals surface area contributed by atoms with Crippen LogP contribution in [-0.2, 0) is 9.59 Å². The first kappa shape index (κ1) is 44.5. The van der Waals surface area contributed by atoms with Crippen molar-refractivity contribution < 1.29 is 49.4 Å². The molecule has 0 fully saturated rings. The van der Waals surface area contributed by atoms with Crippen molar-refractivity contribution in [1.82, 2.24) is 5.32 Å². The monoisotopic (exact) mass is 617 g/mol. The van der Waals surface area contributed by atoms with E-state index in [-0.39, 0.29) is 47.3 Å². The molecular formula is C36H69N2NaO4. The number of carboxylic acids is 1. The maximum absolute atomic E-state index is 13.1. The molecule has 0 spiro atoms. The van der Waals surface area contributed by atoms with Gasteiger partial charge in [-0.15, -0.1) is 0 Å². The molecule has 0 aromatic heterocycles. The molecule has 0 aliphatic carbocycles. The SMILES string of the molecule is CCCCCCCCCCCC([O-])=NCCCCC(NC(=O)C(CCCCCCC)CCCCCCCCC)C(=O)O.[Na+]. The number of aliphatic imine (C=N–C) groups is 1. The Labute approximate surface area is 288 Å². The molecule has 2 N–H and O–H groups in total. The predicted molar refractivity (Wildman–Crippen MR) is 177 cm³/mol. The fourth-order valence-corrected chi connectivity index (χ4v) is 5.63. The van der Waals surface area contributed by atoms with Crippen molar-refractivity contribution in [3.8, 4) is 0 Å². The molecular weight excluding hydrogens is 547 g/mol. The molecule has 43 heavy (non-hydrogen) atoms. The number of aliphatic carboxylic acids is 1. The van der Waals surface area contributed by atoms with Crippen LogP contribution in [0.15, 0.2) is 4.99 Å². The molecule has 2 unspecified atom stereocenters. The Hall–Kier alpha value is -0.590. The summed E-state index contributed by atoms with van der Waals surface area (Å²) in [6, 6.07) is -0.869. The van der Waals surface area contributed by atoms with E-state index in [2.05, 4.69) is 31.1 Å². The zero-order chi connectivity index (χ0) is 31.1. The molecule has 0 aliphatic heterocycles. The number of unbranched alkanes of at least 4 members (excludes halogenated alkanes) is 19. The number of amides is 1. The molecule has 2 atom stereocenters. The van der Waals surface area contributed by atoms with Gasteiger partial charge in [0, 0.05) is 12.5 Å². The minimum absolute atomic E-state index is 0. The average Bonchev–Trinajstić information content (AvgIpc) is 2.97. The second-order valence-corrected chi connectivity index (χ2v) is 12.6. The Balaban J connectivity index is 0. The van der Waals surface area contributed by atoms with E-state index in [1.165, 1.54) is 96.3 Å². The van der Waals surface area contributed by atoms with Gasteiger partial charge in [-0.25, -0.2) is 4.79 Å². The van der Waals surface area contributed by atoms with Crippen molar-refractivity contribution in [1.29, 1.82) is 0 Å². The Morgan fingerprint density at radius 2 is 1.00 bits per heavy atom. The van der Waals surface area contributed by atoms with Crippen molar-refractivity contribution in [2.45, 2.75) is 200 Å². The fraction of sp³-hybridized carbons (Fsp3) is 0.917. The third-order valence-corrected chi connectivity index (χ3v) is 8.48. The van der Waals surface area contributed by atoms with Gasteiger partial charge in [-0.2, -0.15) is 0 Å². The number of hydrogen-bond acceptors (Lipinski definition) is 4. The maximum Gasteiger partial charge on any atom is 1.00 e. The molecule has 6 nitrogen and oxygen atoms in total. The third kappa shape index (κ3) is 29.9. The standard InChI is InChI=1S/C36H70N2O4.Na/c1-4-7-10-13-15-16-18-21-24-30-34(39)37-31-26-25-29-33(36(41)42)38-35(40)32(27-22-19-12-9-6-3)28-23-20-17-14-11-8-5-2;/h32-33H,4-31H2,1-3H3,(H,37,39)(H,38,40)(H,41,42);/q;+1/p-1. The van der Waals surface area contributed by atoms with E-state index in [9.17, 15) is 19.8 Å². The average molecular weight is 617 g/mol. The van der Waals surface area contributed by atoms with Gasteiger partial charge in [0.15, 0.2) is 0 Å². The molecule has 0 saturated carbocycles. The second-order valence-electron chi connectivity index (χ2n) is 12.6. The van der Waals surface area contributed by atoms with E-state index in [0.29, 0.717) is 32.2 Å². The zero-order valence-electron chi connectivity index (χ0n) is 29.1. The van der Waals surface area contributed by atoms with Crippen LogP contribution in [0.3, 0.4) is 0 Å². The number of hydrogen-bond donors (Lipinski definition) is 2. The molecule has 0 aromatic rings. The summed E-state index contributed by atoms with van der Waals surface area (Å²) in [5.41, 5.74) is 0. The first-order valence-corrected chi connectivity index (χ1v) is 18.2. The molecule has 7 heteroatoms. The number of carbonyl (C=O) groups excluding carboxylic acids is 1. The Bertz CT molecular complexity index is 659. The van der Waals surface area contributed by atoms with Crippen LogP contribution in [-0.4, -0.2) is 35.5 Å². The van der Waals surface area contributed by atoms with Gasteiger partial charge in [0.1, 0.15) is 6.04 Å². The van der Waals surface area contributed by atoms with Gasteiger partial charge in [0.05, 0.1) is 0 Å². The van der Waals surface area contributed by atoms with Gasteiger partial charge in [-0.3, -0.25) is 4.79 Å². The van der Waals surface area contributed by atoms with Crippen molar-refractivity contribution in [3.63, 3.8) is 0 Å². The zero-order valence-corrected chi connectivity index (χ0v) is 31.1. The van der Waals surface area contributed by atoms with E-state index in [4.69, 9.17) is 0 Å². The van der Waals surface area contributed by atoms with Gasteiger partial charge in [0.25, 0.3) is 0 Å². The minimum atomic E-state index is -0.973. The summed E-state index contributed by atoms with van der Waals surface area (Å²) in [6.07, 6.45) is 29.2. The molecule has 0 bridgehead atoms. The third-order valence-electron chi connectivity index (χ3n) is 8.48. The molecule has 0 aromatic carbocycles. The maximum atomic E-state index is 13.1. The molecule has 0 aliphatic rings. The minimum Gasteiger partial charge on any atom is -0.862 e. The van der Waals surface area contributed by atoms with E-state index in [0.717, 1.165) is 51.4 Å². The number of nitrogens with one attached hydrogen (secondary N) is 1. The quantitative estimate of drug-likeness (QED) is 0.0388. The van der Waals surface area contributed by atoms with Crippen LogP contribution in [0.25, 0.3) is 0 Å². The number of nitrogens with zero attached hydrogens (tertiary/aromatic N) is 1. The van der Waals surface area contributed by atoms with Crippen molar-refractivity contribution >= 4 is 17.8 Å². The number of carbonyl (C=O) groups is 2. The number of carboxylic acid groups (broad SMARTS) is 1. The van der Waals surface area contributed by atoms with Crippen LogP contribution in [0.2, 0.25) is 0 Å². The predicted octanol–water partition coefficient (Wildman–Crippen LogP) is 6.53. The van der Waals surface area contributed by atoms with Crippen molar-refractivity contribution in [2.75, 3.05) is 6.54 Å². The summed E-state index contributed by atoms with van der Waals surface area (Å²) in [6.45, 7) is 7.10. The van der Waals surface area contributed by atoms with Gasteiger partial charge < -0.3 is 20.5 Å².